The summed E-state index contributed by atoms with van der Waals surface area (Å²) < 4.78 is 0. The van der Waals surface area contributed by atoms with Crippen molar-refractivity contribution in [3.8, 4) is 0 Å². The molecule has 0 heterocycles. The molecule has 0 saturated carbocycles. The number of rotatable bonds is 19. The Morgan fingerprint density at radius 2 is 0.864 bits per heavy atom. The maximum atomic E-state index is 5.46. The molecule has 0 saturated heterocycles. The van der Waals surface area contributed by atoms with Gasteiger partial charge < -0.3 is 11.1 Å². The minimum atomic E-state index is 0.811. The molecule has 134 valence electrons. The number of nitrogens with one attached hydrogen (secondary N) is 1. The Morgan fingerprint density at radius 1 is 0.500 bits per heavy atom. The quantitative estimate of drug-likeness (QED) is 0.296. The van der Waals surface area contributed by atoms with Crippen LogP contribution in [0.1, 0.15) is 110 Å². The molecule has 0 amide bonds. The smallest absolute Gasteiger partial charge is 0.00369 e. The van der Waals surface area contributed by atoms with E-state index < -0.39 is 0 Å². The summed E-state index contributed by atoms with van der Waals surface area (Å²) in [5.41, 5.74) is 5.46. The van der Waals surface area contributed by atoms with E-state index in [1.165, 1.54) is 103 Å². The first-order chi connectivity index (χ1) is 10.9. The molecule has 0 unspecified atom stereocenters. The molecular formula is C20H44N2. The van der Waals surface area contributed by atoms with Crippen LogP contribution in [0.4, 0.5) is 0 Å². The van der Waals surface area contributed by atoms with Crippen LogP contribution in [-0.2, 0) is 0 Å². The van der Waals surface area contributed by atoms with E-state index in [2.05, 4.69) is 12.2 Å². The molecule has 2 nitrogen and oxygen atoms in total. The maximum absolute atomic E-state index is 5.46. The topological polar surface area (TPSA) is 38.0 Å². The van der Waals surface area contributed by atoms with Crippen LogP contribution >= 0.6 is 0 Å². The van der Waals surface area contributed by atoms with E-state index in [1.54, 1.807) is 0 Å². The van der Waals surface area contributed by atoms with Gasteiger partial charge in [0.1, 0.15) is 0 Å². The van der Waals surface area contributed by atoms with E-state index in [9.17, 15) is 0 Å². The summed E-state index contributed by atoms with van der Waals surface area (Å²) >= 11 is 0. The molecule has 0 aliphatic rings. The summed E-state index contributed by atoms with van der Waals surface area (Å²) in [5.74, 6) is 0. The highest BCUT2D eigenvalue weighted by molar-refractivity contribution is 4.52. The highest BCUT2D eigenvalue weighted by atomic mass is 14.8. The van der Waals surface area contributed by atoms with E-state index in [0.717, 1.165) is 19.5 Å². The molecule has 22 heavy (non-hydrogen) atoms. The van der Waals surface area contributed by atoms with E-state index in [0.29, 0.717) is 0 Å². The van der Waals surface area contributed by atoms with Gasteiger partial charge in [-0.05, 0) is 32.5 Å². The zero-order chi connectivity index (χ0) is 16.1. The van der Waals surface area contributed by atoms with Gasteiger partial charge in [0.15, 0.2) is 0 Å². The lowest BCUT2D eigenvalue weighted by atomic mass is 10.0. The van der Waals surface area contributed by atoms with Crippen molar-refractivity contribution in [2.45, 2.75) is 110 Å². The molecule has 0 aliphatic heterocycles. The van der Waals surface area contributed by atoms with Crippen molar-refractivity contribution >= 4 is 0 Å². The first-order valence-corrected chi connectivity index (χ1v) is 10.3. The zero-order valence-electron chi connectivity index (χ0n) is 15.5. The Kier molecular flexibility index (Phi) is 20.8. The number of nitrogens with two attached hydrogens (primary N) is 1. The summed E-state index contributed by atoms with van der Waals surface area (Å²) in [5, 5.41) is 3.45. The average Bonchev–Trinajstić information content (AvgIpc) is 2.54. The lowest BCUT2D eigenvalue weighted by Crippen LogP contribution is -2.19. The largest absolute Gasteiger partial charge is 0.330 e. The van der Waals surface area contributed by atoms with Gasteiger partial charge in [-0.2, -0.15) is 0 Å². The Bertz CT molecular complexity index is 163. The molecule has 0 atom stereocenters. The molecule has 0 fully saturated rings. The normalized spacial score (nSPS) is 11.2. The third kappa shape index (κ3) is 19.9. The molecule has 2 heteroatoms. The van der Waals surface area contributed by atoms with Crippen molar-refractivity contribution in [2.24, 2.45) is 5.73 Å². The third-order valence-electron chi connectivity index (χ3n) is 4.51. The SMILES string of the molecule is CCCCCCCCCCCCCCCCCNCCCN. The first-order valence-electron chi connectivity index (χ1n) is 10.3. The fraction of sp³-hybridized carbons (Fsp3) is 1.00. The highest BCUT2D eigenvalue weighted by Gasteiger charge is 1.94. The van der Waals surface area contributed by atoms with Gasteiger partial charge in [0.05, 0.1) is 0 Å². The summed E-state index contributed by atoms with van der Waals surface area (Å²) in [7, 11) is 0. The van der Waals surface area contributed by atoms with Crippen molar-refractivity contribution in [3.05, 3.63) is 0 Å². The van der Waals surface area contributed by atoms with Crippen LogP contribution in [0, 0.1) is 0 Å². The van der Waals surface area contributed by atoms with Crippen LogP contribution in [0.3, 0.4) is 0 Å². The van der Waals surface area contributed by atoms with E-state index >= 15 is 0 Å². The second-order valence-corrected chi connectivity index (χ2v) is 6.84. The van der Waals surface area contributed by atoms with Gasteiger partial charge in [0.2, 0.25) is 0 Å². The van der Waals surface area contributed by atoms with Crippen LogP contribution in [0.2, 0.25) is 0 Å². The van der Waals surface area contributed by atoms with Gasteiger partial charge in [-0.3, -0.25) is 0 Å². The Balaban J connectivity index is 2.91. The number of unbranched alkanes of at least 4 members (excludes halogenated alkanes) is 14. The molecule has 0 aliphatic carbocycles. The molecule has 0 spiro atoms. The summed E-state index contributed by atoms with van der Waals surface area (Å²) in [6.07, 6.45) is 22.7. The molecule has 0 bridgehead atoms. The first kappa shape index (κ1) is 21.9. The Labute approximate surface area is 141 Å². The number of hydrogen-bond acceptors (Lipinski definition) is 2. The molecule has 3 N–H and O–H groups in total. The second kappa shape index (κ2) is 20.9. The standard InChI is InChI=1S/C20H44N2/c1-2-3-4-5-6-7-8-9-10-11-12-13-14-15-16-19-22-20-17-18-21/h22H,2-21H2,1H3. The van der Waals surface area contributed by atoms with E-state index in [4.69, 9.17) is 5.73 Å². The van der Waals surface area contributed by atoms with Crippen molar-refractivity contribution in [2.75, 3.05) is 19.6 Å². The van der Waals surface area contributed by atoms with Crippen LogP contribution in [0.15, 0.2) is 0 Å². The lowest BCUT2D eigenvalue weighted by molar-refractivity contribution is 0.526. The predicted octanol–water partition coefficient (Wildman–Crippen LogP) is 5.80. The minimum absolute atomic E-state index is 0.811. The zero-order valence-corrected chi connectivity index (χ0v) is 15.5. The summed E-state index contributed by atoms with van der Waals surface area (Å²) in [6, 6.07) is 0. The van der Waals surface area contributed by atoms with Crippen molar-refractivity contribution in [1.29, 1.82) is 0 Å². The molecule has 0 rings (SSSR count). The summed E-state index contributed by atoms with van der Waals surface area (Å²) in [6.45, 7) is 5.37. The monoisotopic (exact) mass is 312 g/mol. The van der Waals surface area contributed by atoms with Crippen LogP contribution in [-0.4, -0.2) is 19.6 Å². The second-order valence-electron chi connectivity index (χ2n) is 6.84. The molecule has 0 aromatic heterocycles. The molecule has 0 radical (unpaired) electrons. The van der Waals surface area contributed by atoms with Gasteiger partial charge in [-0.25, -0.2) is 0 Å². The fourth-order valence-corrected chi connectivity index (χ4v) is 2.97. The molecule has 0 aromatic carbocycles. The summed E-state index contributed by atoms with van der Waals surface area (Å²) in [4.78, 5) is 0. The van der Waals surface area contributed by atoms with Crippen molar-refractivity contribution in [3.63, 3.8) is 0 Å². The van der Waals surface area contributed by atoms with Gasteiger partial charge >= 0.3 is 0 Å². The van der Waals surface area contributed by atoms with Crippen molar-refractivity contribution in [1.82, 2.24) is 5.32 Å². The predicted molar refractivity (Wildman–Crippen MR) is 101 cm³/mol. The average molecular weight is 313 g/mol. The van der Waals surface area contributed by atoms with Crippen LogP contribution in [0.5, 0.6) is 0 Å². The highest BCUT2D eigenvalue weighted by Crippen LogP contribution is 2.13. The fourth-order valence-electron chi connectivity index (χ4n) is 2.97. The van der Waals surface area contributed by atoms with Crippen molar-refractivity contribution < 1.29 is 0 Å². The molecular weight excluding hydrogens is 268 g/mol. The van der Waals surface area contributed by atoms with E-state index in [1.807, 2.05) is 0 Å². The van der Waals surface area contributed by atoms with E-state index in [-0.39, 0.29) is 0 Å². The lowest BCUT2D eigenvalue weighted by Gasteiger charge is -2.04. The minimum Gasteiger partial charge on any atom is -0.330 e. The Morgan fingerprint density at radius 3 is 1.27 bits per heavy atom. The van der Waals surface area contributed by atoms with Gasteiger partial charge in [-0.15, -0.1) is 0 Å². The third-order valence-corrected chi connectivity index (χ3v) is 4.51. The molecule has 0 aromatic rings. The number of hydrogen-bond donors (Lipinski definition) is 2. The van der Waals surface area contributed by atoms with Crippen LogP contribution in [0.25, 0.3) is 0 Å². The maximum Gasteiger partial charge on any atom is -0.00369 e. The van der Waals surface area contributed by atoms with Gasteiger partial charge in [0, 0.05) is 0 Å². The van der Waals surface area contributed by atoms with Gasteiger partial charge in [-0.1, -0.05) is 96.8 Å². The van der Waals surface area contributed by atoms with Gasteiger partial charge in [0.25, 0.3) is 0 Å². The van der Waals surface area contributed by atoms with Crippen LogP contribution < -0.4 is 11.1 Å². The Hall–Kier alpha value is -0.0800.